The summed E-state index contributed by atoms with van der Waals surface area (Å²) in [5.74, 6) is -0.442. The smallest absolute Gasteiger partial charge is 0.268 e. The molecule has 2 aromatic heterocycles. The molecule has 10 heteroatoms. The molecule has 2 N–H and O–H groups in total. The number of benzene rings is 4. The number of hydrogen-bond acceptors (Lipinski definition) is 4. The van der Waals surface area contributed by atoms with Gasteiger partial charge in [0.05, 0.1) is 34.3 Å². The lowest BCUT2D eigenvalue weighted by Gasteiger charge is -2.11. The molecule has 0 fully saturated rings. The first kappa shape index (κ1) is 32.6. The number of amides is 2. The number of nitriles is 2. The fourth-order valence-corrected chi connectivity index (χ4v) is 7.34. The molecule has 0 bridgehead atoms. The van der Waals surface area contributed by atoms with Crippen molar-refractivity contribution in [2.24, 2.45) is 0 Å². The van der Waals surface area contributed by atoms with Gasteiger partial charge in [0.1, 0.15) is 17.2 Å². The van der Waals surface area contributed by atoms with Gasteiger partial charge in [0.25, 0.3) is 11.8 Å². The predicted molar refractivity (Wildman–Crippen MR) is 193 cm³/mol. The van der Waals surface area contributed by atoms with Crippen LogP contribution in [0.5, 0.6) is 0 Å². The van der Waals surface area contributed by atoms with Gasteiger partial charge >= 0.3 is 0 Å². The van der Waals surface area contributed by atoms with Crippen molar-refractivity contribution in [3.05, 3.63) is 117 Å². The third kappa shape index (κ3) is 5.66. The molecular formula is C40H32ClFN6O2. The molecule has 0 spiro atoms. The number of aryl methyl sites for hydroxylation is 4. The highest BCUT2D eigenvalue weighted by Gasteiger charge is 2.26. The Balaban J connectivity index is 0.000000157. The highest BCUT2D eigenvalue weighted by molar-refractivity contribution is 6.30. The van der Waals surface area contributed by atoms with E-state index in [0.29, 0.717) is 40.6 Å². The molecule has 2 aliphatic heterocycles. The van der Waals surface area contributed by atoms with Crippen LogP contribution in [0.15, 0.2) is 72.8 Å². The predicted octanol–water partition coefficient (Wildman–Crippen LogP) is 8.04. The average Bonchev–Trinajstić information content (AvgIpc) is 3.36. The van der Waals surface area contributed by atoms with Gasteiger partial charge in [0.2, 0.25) is 0 Å². The quantitative estimate of drug-likeness (QED) is 0.192. The minimum atomic E-state index is -0.305. The van der Waals surface area contributed by atoms with Gasteiger partial charge in [-0.2, -0.15) is 10.5 Å². The summed E-state index contributed by atoms with van der Waals surface area (Å²) in [5, 5.41) is 27.2. The summed E-state index contributed by atoms with van der Waals surface area (Å²) in [6, 6.07) is 25.6. The van der Waals surface area contributed by atoms with Crippen LogP contribution in [-0.4, -0.2) is 34.0 Å². The zero-order valence-corrected chi connectivity index (χ0v) is 28.3. The Morgan fingerprint density at radius 1 is 0.680 bits per heavy atom. The summed E-state index contributed by atoms with van der Waals surface area (Å²) in [6.45, 7) is 6.67. The van der Waals surface area contributed by atoms with Gasteiger partial charge in [0, 0.05) is 53.1 Å². The Bertz CT molecular complexity index is 2260. The Kier molecular flexibility index (Phi) is 8.61. The molecule has 50 heavy (non-hydrogen) atoms. The van der Waals surface area contributed by atoms with E-state index < -0.39 is 0 Å². The third-order valence-electron chi connectivity index (χ3n) is 9.50. The van der Waals surface area contributed by atoms with Crippen molar-refractivity contribution in [3.63, 3.8) is 0 Å². The summed E-state index contributed by atoms with van der Waals surface area (Å²) in [4.78, 5) is 25.0. The van der Waals surface area contributed by atoms with Crippen molar-refractivity contribution in [1.29, 1.82) is 10.5 Å². The molecule has 0 unspecified atom stereocenters. The van der Waals surface area contributed by atoms with E-state index in [2.05, 4.69) is 27.3 Å². The lowest BCUT2D eigenvalue weighted by molar-refractivity contribution is 0.0942. The van der Waals surface area contributed by atoms with Crippen LogP contribution in [-0.2, 0) is 13.1 Å². The second-order valence-corrected chi connectivity index (χ2v) is 13.0. The molecule has 4 heterocycles. The average molecular weight is 683 g/mol. The SMILES string of the molecule is Cc1c2n(c3c(-c4ccc(Cl)cc4)cc(C#N)cc13)CCCNC2=O.Cc1c2n(c3c(-c4ccc(F)cc4)cc(C#N)cc13)CCCNC2=O. The number of carbonyl (C=O) groups is 2. The second-order valence-electron chi connectivity index (χ2n) is 12.5. The summed E-state index contributed by atoms with van der Waals surface area (Å²) >= 11 is 6.03. The van der Waals surface area contributed by atoms with Crippen LogP contribution in [0.3, 0.4) is 0 Å². The van der Waals surface area contributed by atoms with Crippen molar-refractivity contribution in [3.8, 4) is 34.4 Å². The molecular weight excluding hydrogens is 651 g/mol. The van der Waals surface area contributed by atoms with Crippen LogP contribution in [0.25, 0.3) is 44.1 Å². The van der Waals surface area contributed by atoms with Crippen LogP contribution < -0.4 is 10.6 Å². The summed E-state index contributed by atoms with van der Waals surface area (Å²) in [5.41, 5.74) is 9.77. The van der Waals surface area contributed by atoms with E-state index in [1.54, 1.807) is 12.1 Å². The molecule has 2 aliphatic rings. The number of nitrogens with zero attached hydrogens (tertiary/aromatic N) is 4. The zero-order chi connectivity index (χ0) is 35.1. The number of nitrogens with one attached hydrogen (secondary N) is 2. The number of aromatic nitrogens is 2. The standard InChI is InChI=1S/C20H16ClN3O.C20H16FN3O/c2*1-12-16-9-13(11-22)10-17(14-3-5-15(21)6-4-14)19(16)24-8-2-7-23-20(25)18(12)24/h2*3-6,9-10H,2,7-8H2,1H3,(H,23,25). The van der Waals surface area contributed by atoms with E-state index in [1.165, 1.54) is 12.1 Å². The van der Waals surface area contributed by atoms with Crippen LogP contribution >= 0.6 is 11.6 Å². The first-order valence-corrected chi connectivity index (χ1v) is 16.8. The van der Waals surface area contributed by atoms with Gasteiger partial charge in [-0.15, -0.1) is 0 Å². The maximum Gasteiger partial charge on any atom is 0.268 e. The molecule has 2 amide bonds. The minimum absolute atomic E-state index is 0.0493. The van der Waals surface area contributed by atoms with Crippen LogP contribution in [0.1, 0.15) is 56.1 Å². The molecule has 4 aromatic carbocycles. The van der Waals surface area contributed by atoms with Crippen molar-refractivity contribution < 1.29 is 14.0 Å². The van der Waals surface area contributed by atoms with Gasteiger partial charge in [-0.05, 0) is 97.5 Å². The molecule has 248 valence electrons. The van der Waals surface area contributed by atoms with Crippen LogP contribution in [0.2, 0.25) is 5.02 Å². The van der Waals surface area contributed by atoms with Crippen molar-refractivity contribution >= 4 is 45.2 Å². The van der Waals surface area contributed by atoms with E-state index in [-0.39, 0.29) is 17.6 Å². The molecule has 8 nitrogen and oxygen atoms in total. The van der Waals surface area contributed by atoms with E-state index in [4.69, 9.17) is 11.6 Å². The molecule has 6 aromatic rings. The van der Waals surface area contributed by atoms with Crippen molar-refractivity contribution in [1.82, 2.24) is 19.8 Å². The largest absolute Gasteiger partial charge is 0.351 e. The lowest BCUT2D eigenvalue weighted by Crippen LogP contribution is -2.23. The molecule has 0 atom stereocenters. The lowest BCUT2D eigenvalue weighted by atomic mass is 9.98. The maximum absolute atomic E-state index is 13.3. The highest BCUT2D eigenvalue weighted by Crippen LogP contribution is 2.38. The summed E-state index contributed by atoms with van der Waals surface area (Å²) in [6.07, 6.45) is 1.72. The Morgan fingerprint density at radius 3 is 1.52 bits per heavy atom. The highest BCUT2D eigenvalue weighted by atomic mass is 35.5. The molecule has 0 saturated carbocycles. The number of halogens is 2. The van der Waals surface area contributed by atoms with E-state index in [9.17, 15) is 24.5 Å². The van der Waals surface area contributed by atoms with Gasteiger partial charge in [0.15, 0.2) is 0 Å². The number of rotatable bonds is 2. The number of fused-ring (bicyclic) bond motifs is 6. The normalized spacial score (nSPS) is 13.9. The van der Waals surface area contributed by atoms with E-state index in [0.717, 1.165) is 81.1 Å². The Labute approximate surface area is 293 Å². The molecule has 8 rings (SSSR count). The fourth-order valence-electron chi connectivity index (χ4n) is 7.21. The van der Waals surface area contributed by atoms with Crippen molar-refractivity contribution in [2.45, 2.75) is 39.8 Å². The monoisotopic (exact) mass is 682 g/mol. The fraction of sp³-hybridized carbons (Fsp3) is 0.200. The van der Waals surface area contributed by atoms with E-state index >= 15 is 0 Å². The minimum Gasteiger partial charge on any atom is -0.351 e. The molecule has 0 radical (unpaired) electrons. The van der Waals surface area contributed by atoms with Crippen LogP contribution in [0.4, 0.5) is 4.39 Å². The summed E-state index contributed by atoms with van der Waals surface area (Å²) in [7, 11) is 0. The second kappa shape index (κ2) is 13.2. The van der Waals surface area contributed by atoms with Gasteiger partial charge < -0.3 is 19.8 Å². The van der Waals surface area contributed by atoms with Crippen molar-refractivity contribution in [2.75, 3.05) is 13.1 Å². The molecule has 0 saturated heterocycles. The topological polar surface area (TPSA) is 116 Å². The number of hydrogen-bond donors (Lipinski definition) is 2. The first-order valence-electron chi connectivity index (χ1n) is 16.4. The summed E-state index contributed by atoms with van der Waals surface area (Å²) < 4.78 is 17.5. The first-order chi connectivity index (χ1) is 24.2. The van der Waals surface area contributed by atoms with Crippen LogP contribution in [0, 0.1) is 42.3 Å². The zero-order valence-electron chi connectivity index (χ0n) is 27.5. The van der Waals surface area contributed by atoms with E-state index in [1.807, 2.05) is 66.9 Å². The van der Waals surface area contributed by atoms with Gasteiger partial charge in [-0.1, -0.05) is 35.9 Å². The Hall–Kier alpha value is -5.90. The third-order valence-corrected chi connectivity index (χ3v) is 9.76. The Morgan fingerprint density at radius 2 is 1.10 bits per heavy atom. The van der Waals surface area contributed by atoms with Gasteiger partial charge in [-0.25, -0.2) is 4.39 Å². The van der Waals surface area contributed by atoms with Gasteiger partial charge in [-0.3, -0.25) is 9.59 Å². The maximum atomic E-state index is 13.3. The number of carbonyl (C=O) groups excluding carboxylic acids is 2. The molecule has 0 aliphatic carbocycles.